The first-order chi connectivity index (χ1) is 5.81. The lowest BCUT2D eigenvalue weighted by molar-refractivity contribution is -0.373. The molecule has 0 unspecified atom stereocenters. The molecule has 2 rings (SSSR count). The molecule has 0 saturated carbocycles. The normalized spacial score (nSPS) is 10.4. The maximum Gasteiger partial charge on any atom is 0.275 e. The minimum absolute atomic E-state index is 0.137. The molecule has 0 spiro atoms. The van der Waals surface area contributed by atoms with Crippen molar-refractivity contribution in [3.63, 3.8) is 0 Å². The lowest BCUT2D eigenvalue weighted by atomic mass is 10.3. The van der Waals surface area contributed by atoms with Crippen molar-refractivity contribution in [1.29, 1.82) is 0 Å². The van der Waals surface area contributed by atoms with E-state index in [1.807, 2.05) is 0 Å². The molecule has 6 heteroatoms. The molecule has 0 bridgehead atoms. The molecule has 0 aromatic carbocycles. The van der Waals surface area contributed by atoms with Gasteiger partial charge in [0.25, 0.3) is 5.15 Å². The molecule has 0 radical (unpaired) electrons. The Kier molecular flexibility index (Phi) is 1.51. The molecule has 0 aliphatic rings. The van der Waals surface area contributed by atoms with E-state index in [2.05, 4.69) is 20.4 Å². The predicted octanol–water partition coefficient (Wildman–Crippen LogP) is 1.43. The van der Waals surface area contributed by atoms with Crippen LogP contribution in [0, 0.1) is 4.91 Å². The summed E-state index contributed by atoms with van der Waals surface area (Å²) in [5.41, 5.74) is 0.688. The van der Waals surface area contributed by atoms with Crippen LogP contribution in [0.15, 0.2) is 17.4 Å². The van der Waals surface area contributed by atoms with E-state index in [9.17, 15) is 4.91 Å². The van der Waals surface area contributed by atoms with Gasteiger partial charge in [-0.05, 0) is 16.8 Å². The van der Waals surface area contributed by atoms with Crippen molar-refractivity contribution < 1.29 is 4.98 Å². The third-order valence-electron chi connectivity index (χ3n) is 1.53. The van der Waals surface area contributed by atoms with E-state index in [0.717, 1.165) is 0 Å². The smallest absolute Gasteiger partial charge is 0.275 e. The summed E-state index contributed by atoms with van der Waals surface area (Å²) in [7, 11) is 0. The van der Waals surface area contributed by atoms with Gasteiger partial charge in [0.15, 0.2) is 6.20 Å². The molecule has 0 saturated heterocycles. The zero-order valence-corrected chi connectivity index (χ0v) is 6.59. The van der Waals surface area contributed by atoms with Gasteiger partial charge in [-0.2, -0.15) is 5.10 Å². The molecule has 0 aliphatic heterocycles. The maximum atomic E-state index is 10.2. The quantitative estimate of drug-likeness (QED) is 0.537. The summed E-state index contributed by atoms with van der Waals surface area (Å²) in [6.07, 6.45) is 1.58. The molecule has 0 amide bonds. The minimum atomic E-state index is 0.137. The second kappa shape index (κ2) is 2.53. The van der Waals surface area contributed by atoms with Gasteiger partial charge in [-0.15, -0.1) is 4.91 Å². The Morgan fingerprint density at radius 1 is 1.67 bits per heavy atom. The molecular formula is C6H4ClN4O+. The van der Waals surface area contributed by atoms with Crippen LogP contribution in [0.25, 0.3) is 10.9 Å². The average Bonchev–Trinajstić information content (AvgIpc) is 2.46. The summed E-state index contributed by atoms with van der Waals surface area (Å²) < 4.78 is 0. The molecular weight excluding hydrogens is 180 g/mol. The maximum absolute atomic E-state index is 10.2. The van der Waals surface area contributed by atoms with Crippen LogP contribution in [0.2, 0.25) is 5.15 Å². The SMILES string of the molecule is O=Nc1n[nH]c2cc(Cl)[nH+]cc12. The van der Waals surface area contributed by atoms with E-state index in [4.69, 9.17) is 11.6 Å². The van der Waals surface area contributed by atoms with Crippen molar-refractivity contribution >= 4 is 28.3 Å². The summed E-state index contributed by atoms with van der Waals surface area (Å²) in [5, 5.41) is 10.1. The van der Waals surface area contributed by atoms with Crippen LogP contribution in [0.4, 0.5) is 5.82 Å². The van der Waals surface area contributed by atoms with E-state index in [-0.39, 0.29) is 5.82 Å². The van der Waals surface area contributed by atoms with Crippen LogP contribution in [0.1, 0.15) is 0 Å². The number of halogens is 1. The van der Waals surface area contributed by atoms with Crippen LogP contribution in [-0.2, 0) is 0 Å². The molecule has 2 aromatic heterocycles. The summed E-state index contributed by atoms with van der Waals surface area (Å²) in [5.74, 6) is 0.137. The second-order valence-corrected chi connectivity index (χ2v) is 2.65. The van der Waals surface area contributed by atoms with Gasteiger partial charge in [0.05, 0.1) is 5.52 Å². The fourth-order valence-corrected chi connectivity index (χ4v) is 1.15. The van der Waals surface area contributed by atoms with E-state index in [1.54, 1.807) is 12.3 Å². The third-order valence-corrected chi connectivity index (χ3v) is 1.74. The largest absolute Gasteiger partial charge is 0.275 e. The van der Waals surface area contributed by atoms with Crippen molar-refractivity contribution in [2.45, 2.75) is 0 Å². The highest BCUT2D eigenvalue weighted by molar-refractivity contribution is 6.28. The monoisotopic (exact) mass is 183 g/mol. The number of fused-ring (bicyclic) bond motifs is 1. The van der Waals surface area contributed by atoms with Crippen LogP contribution < -0.4 is 4.98 Å². The number of hydrogen-bond acceptors (Lipinski definition) is 3. The molecule has 0 atom stereocenters. The summed E-state index contributed by atoms with van der Waals surface area (Å²) in [4.78, 5) is 12.9. The highest BCUT2D eigenvalue weighted by atomic mass is 35.5. The molecule has 2 aromatic rings. The number of nitrogens with zero attached hydrogens (tertiary/aromatic N) is 2. The number of nitroso groups, excluding NO2 is 1. The zero-order valence-electron chi connectivity index (χ0n) is 5.84. The van der Waals surface area contributed by atoms with Gasteiger partial charge in [0.1, 0.15) is 5.39 Å². The average molecular weight is 184 g/mol. The van der Waals surface area contributed by atoms with Crippen molar-refractivity contribution in [2.75, 3.05) is 0 Å². The van der Waals surface area contributed by atoms with Gasteiger partial charge in [-0.25, -0.2) is 4.98 Å². The van der Waals surface area contributed by atoms with Gasteiger partial charge in [0, 0.05) is 6.07 Å². The Bertz CT molecular complexity index is 438. The van der Waals surface area contributed by atoms with Gasteiger partial charge >= 0.3 is 0 Å². The lowest BCUT2D eigenvalue weighted by Crippen LogP contribution is -2.00. The molecule has 0 fully saturated rings. The van der Waals surface area contributed by atoms with Crippen molar-refractivity contribution in [2.24, 2.45) is 5.18 Å². The Morgan fingerprint density at radius 2 is 2.50 bits per heavy atom. The molecule has 5 nitrogen and oxygen atoms in total. The molecule has 0 aliphatic carbocycles. The molecule has 60 valence electrons. The third kappa shape index (κ3) is 0.947. The molecule has 12 heavy (non-hydrogen) atoms. The minimum Gasteiger partial charge on any atom is -0.275 e. The number of hydrogen-bond donors (Lipinski definition) is 1. The fourth-order valence-electron chi connectivity index (χ4n) is 0.985. The number of H-pyrrole nitrogens is 2. The van der Waals surface area contributed by atoms with Crippen molar-refractivity contribution in [1.82, 2.24) is 10.2 Å². The Morgan fingerprint density at radius 3 is 3.25 bits per heavy atom. The van der Waals surface area contributed by atoms with Gasteiger partial charge in [0.2, 0.25) is 5.82 Å². The number of nitrogens with one attached hydrogen (secondary N) is 2. The molecule has 2 heterocycles. The first-order valence-corrected chi connectivity index (χ1v) is 3.58. The highest BCUT2D eigenvalue weighted by Gasteiger charge is 2.09. The Hall–Kier alpha value is -1.49. The van der Waals surface area contributed by atoms with E-state index in [1.165, 1.54) is 0 Å². The summed E-state index contributed by atoms with van der Waals surface area (Å²) in [6.45, 7) is 0. The van der Waals surface area contributed by atoms with Crippen molar-refractivity contribution in [3.05, 3.63) is 22.3 Å². The zero-order chi connectivity index (χ0) is 8.55. The number of rotatable bonds is 1. The van der Waals surface area contributed by atoms with Crippen LogP contribution >= 0.6 is 11.6 Å². The van der Waals surface area contributed by atoms with Crippen molar-refractivity contribution in [3.8, 4) is 0 Å². The van der Waals surface area contributed by atoms with Crippen LogP contribution in [0.5, 0.6) is 0 Å². The van der Waals surface area contributed by atoms with Gasteiger partial charge in [-0.3, -0.25) is 5.10 Å². The Balaban J connectivity index is 2.81. The summed E-state index contributed by atoms with van der Waals surface area (Å²) in [6, 6.07) is 1.64. The van der Waals surface area contributed by atoms with Gasteiger partial charge in [-0.1, -0.05) is 0 Å². The van der Waals surface area contributed by atoms with E-state index < -0.39 is 0 Å². The first-order valence-electron chi connectivity index (χ1n) is 3.20. The number of aromatic amines is 2. The number of aromatic nitrogens is 3. The van der Waals surface area contributed by atoms with E-state index in [0.29, 0.717) is 16.1 Å². The topological polar surface area (TPSA) is 72.2 Å². The first kappa shape index (κ1) is 7.17. The van der Waals surface area contributed by atoms with Crippen LogP contribution in [-0.4, -0.2) is 10.2 Å². The fraction of sp³-hybridized carbons (Fsp3) is 0. The number of pyridine rings is 1. The highest BCUT2D eigenvalue weighted by Crippen LogP contribution is 2.21. The lowest BCUT2D eigenvalue weighted by Gasteiger charge is -1.81. The van der Waals surface area contributed by atoms with E-state index >= 15 is 0 Å². The Labute approximate surface area is 71.7 Å². The standard InChI is InChI=1S/C6H3ClN4O/c7-5-1-4-3(2-8-5)6(11-12)10-9-4/h1-2H,(H,9,10)/p+1. The summed E-state index contributed by atoms with van der Waals surface area (Å²) >= 11 is 5.66. The predicted molar refractivity (Wildman–Crippen MR) is 43.1 cm³/mol. The molecule has 2 N–H and O–H groups in total. The van der Waals surface area contributed by atoms with Gasteiger partial charge < -0.3 is 0 Å². The van der Waals surface area contributed by atoms with Crippen LogP contribution in [0.3, 0.4) is 0 Å². The second-order valence-electron chi connectivity index (χ2n) is 2.25.